The highest BCUT2D eigenvalue weighted by Gasteiger charge is 2.18. The third-order valence-electron chi connectivity index (χ3n) is 15.3. The molecule has 0 bridgehead atoms. The van der Waals surface area contributed by atoms with Crippen molar-refractivity contribution in [1.29, 1.82) is 0 Å². The number of esters is 1. The number of aliphatic hydroxyl groups is 2. The van der Waals surface area contributed by atoms with Crippen LogP contribution in [0.25, 0.3) is 0 Å². The minimum Gasteiger partial charge on any atom is -0.466 e. The van der Waals surface area contributed by atoms with E-state index in [9.17, 15) is 19.8 Å². The molecule has 0 aliphatic carbocycles. The second-order valence-corrected chi connectivity index (χ2v) is 22.8. The number of hydrogen-bond acceptors (Lipinski definition) is 5. The first-order chi connectivity index (χ1) is 37.0. The van der Waals surface area contributed by atoms with Crippen LogP contribution in [0.3, 0.4) is 0 Å². The van der Waals surface area contributed by atoms with E-state index in [1.54, 1.807) is 6.08 Å². The van der Waals surface area contributed by atoms with Gasteiger partial charge >= 0.3 is 5.97 Å². The molecule has 0 heterocycles. The Bertz CT molecular complexity index is 1260. The summed E-state index contributed by atoms with van der Waals surface area (Å²) in [6.45, 7) is 4.89. The average molecular weight is 1050 g/mol. The van der Waals surface area contributed by atoms with E-state index in [4.69, 9.17) is 4.74 Å². The number of nitrogens with one attached hydrogen (secondary N) is 1. The standard InChI is InChI=1S/C69H129NO5/c1-3-5-7-9-11-13-15-17-19-21-26-30-33-37-41-45-49-53-57-61-67(72)66(65-71)70-68(73)62-58-54-50-46-42-38-34-31-27-24-22-23-25-28-32-36-40-44-48-52-56-60-64-75-69(74)63-59-55-51-47-43-39-35-29-20-18-16-14-12-10-8-6-4-2/h12,14,18,20,24,27,57,61,66-67,71-72H,3-11,13,15-17,19,21-23,25-26,28-56,58-60,62-65H2,1-2H3,(H,70,73)/b14-12-,20-18-,27-24-,61-57+. The Hall–Kier alpha value is -2.18. The van der Waals surface area contributed by atoms with Gasteiger partial charge < -0.3 is 20.3 Å². The monoisotopic (exact) mass is 1050 g/mol. The second kappa shape index (κ2) is 64.3. The lowest BCUT2D eigenvalue weighted by Crippen LogP contribution is -2.45. The number of unbranched alkanes of at least 4 members (excludes halogenated alkanes) is 45. The first kappa shape index (κ1) is 72.8. The van der Waals surface area contributed by atoms with Gasteiger partial charge in [0.25, 0.3) is 0 Å². The summed E-state index contributed by atoms with van der Waals surface area (Å²) in [5.74, 6) is -0.0713. The van der Waals surface area contributed by atoms with Crippen LogP contribution in [0.5, 0.6) is 0 Å². The average Bonchev–Trinajstić information content (AvgIpc) is 3.41. The smallest absolute Gasteiger partial charge is 0.305 e. The van der Waals surface area contributed by atoms with Crippen LogP contribution >= 0.6 is 0 Å². The van der Waals surface area contributed by atoms with Gasteiger partial charge in [-0.1, -0.05) is 300 Å². The number of ether oxygens (including phenoxy) is 1. The molecule has 0 spiro atoms. The third-order valence-corrected chi connectivity index (χ3v) is 15.3. The zero-order chi connectivity index (χ0) is 54.3. The zero-order valence-corrected chi connectivity index (χ0v) is 50.3. The maximum absolute atomic E-state index is 12.5. The van der Waals surface area contributed by atoms with Crippen molar-refractivity contribution in [3.05, 3.63) is 48.6 Å². The molecule has 0 aromatic heterocycles. The molecule has 6 heteroatoms. The number of rotatable bonds is 62. The summed E-state index contributed by atoms with van der Waals surface area (Å²) in [4.78, 5) is 24.6. The summed E-state index contributed by atoms with van der Waals surface area (Å²) in [7, 11) is 0. The van der Waals surface area contributed by atoms with Crippen LogP contribution in [0.2, 0.25) is 0 Å². The van der Waals surface area contributed by atoms with Gasteiger partial charge in [-0.05, 0) is 89.9 Å². The molecule has 0 radical (unpaired) electrons. The quantitative estimate of drug-likeness (QED) is 0.0320. The number of allylic oxidation sites excluding steroid dienone is 7. The van der Waals surface area contributed by atoms with Crippen LogP contribution in [0.1, 0.15) is 354 Å². The van der Waals surface area contributed by atoms with Crippen molar-refractivity contribution < 1.29 is 24.5 Å². The molecule has 0 aromatic rings. The van der Waals surface area contributed by atoms with Crippen LogP contribution in [-0.2, 0) is 14.3 Å². The number of amides is 1. The summed E-state index contributed by atoms with van der Waals surface area (Å²) in [5, 5.41) is 23.2. The molecule has 2 atom stereocenters. The number of aliphatic hydroxyl groups excluding tert-OH is 2. The third kappa shape index (κ3) is 60.9. The largest absolute Gasteiger partial charge is 0.466 e. The molecule has 0 aliphatic heterocycles. The SMILES string of the molecule is CCCCC/C=C\C/C=C\CCCCCCCCCC(=O)OCCCCCCCCCCCCC/C=C\CCCCCCCCCC(=O)NC(CO)C(O)/C=C/CCCCCCCCCCCCCCCCCCC. The van der Waals surface area contributed by atoms with Crippen LogP contribution < -0.4 is 5.32 Å². The van der Waals surface area contributed by atoms with Gasteiger partial charge in [-0.3, -0.25) is 9.59 Å². The van der Waals surface area contributed by atoms with Gasteiger partial charge in [0.05, 0.1) is 25.4 Å². The molecule has 1 amide bonds. The maximum atomic E-state index is 12.5. The minimum absolute atomic E-state index is 0.00168. The minimum atomic E-state index is -0.850. The van der Waals surface area contributed by atoms with Crippen LogP contribution in [-0.4, -0.2) is 47.4 Å². The van der Waals surface area contributed by atoms with Gasteiger partial charge in [-0.15, -0.1) is 0 Å². The molecular weight excluding hydrogens is 923 g/mol. The van der Waals surface area contributed by atoms with E-state index in [0.717, 1.165) is 57.8 Å². The van der Waals surface area contributed by atoms with Gasteiger partial charge in [0.15, 0.2) is 0 Å². The van der Waals surface area contributed by atoms with E-state index in [1.807, 2.05) is 6.08 Å². The molecule has 3 N–H and O–H groups in total. The molecule has 0 aliphatic rings. The van der Waals surface area contributed by atoms with Gasteiger partial charge in [0.2, 0.25) is 5.91 Å². The van der Waals surface area contributed by atoms with Gasteiger partial charge in [0.1, 0.15) is 0 Å². The van der Waals surface area contributed by atoms with Crippen LogP contribution in [0.15, 0.2) is 48.6 Å². The van der Waals surface area contributed by atoms with Crippen LogP contribution in [0, 0.1) is 0 Å². The van der Waals surface area contributed by atoms with Crippen LogP contribution in [0.4, 0.5) is 0 Å². The Kier molecular flexibility index (Phi) is 62.5. The van der Waals surface area contributed by atoms with Crippen molar-refractivity contribution in [1.82, 2.24) is 5.32 Å². The highest BCUT2D eigenvalue weighted by Crippen LogP contribution is 2.17. The Morgan fingerprint density at radius 1 is 0.373 bits per heavy atom. The van der Waals surface area contributed by atoms with Gasteiger partial charge in [0, 0.05) is 12.8 Å². The Balaban J connectivity index is 3.45. The highest BCUT2D eigenvalue weighted by molar-refractivity contribution is 5.76. The zero-order valence-electron chi connectivity index (χ0n) is 50.3. The fourth-order valence-electron chi connectivity index (χ4n) is 10.2. The summed E-state index contributed by atoms with van der Waals surface area (Å²) in [6.07, 6.45) is 83.0. The second-order valence-electron chi connectivity index (χ2n) is 22.8. The first-order valence-corrected chi connectivity index (χ1v) is 33.4. The van der Waals surface area contributed by atoms with Crippen molar-refractivity contribution in [2.75, 3.05) is 13.2 Å². The van der Waals surface area contributed by atoms with E-state index in [-0.39, 0.29) is 18.5 Å². The lowest BCUT2D eigenvalue weighted by molar-refractivity contribution is -0.143. The molecule has 0 saturated heterocycles. The van der Waals surface area contributed by atoms with Gasteiger partial charge in [-0.2, -0.15) is 0 Å². The van der Waals surface area contributed by atoms with Crippen molar-refractivity contribution in [3.63, 3.8) is 0 Å². The molecule has 0 rings (SSSR count). The van der Waals surface area contributed by atoms with Crippen molar-refractivity contribution in [2.45, 2.75) is 366 Å². The summed E-state index contributed by atoms with van der Waals surface area (Å²) < 4.78 is 5.49. The fourth-order valence-corrected chi connectivity index (χ4v) is 10.2. The summed E-state index contributed by atoms with van der Waals surface area (Å²) >= 11 is 0. The van der Waals surface area contributed by atoms with E-state index in [1.165, 1.54) is 270 Å². The molecular formula is C69H129NO5. The molecule has 6 nitrogen and oxygen atoms in total. The molecule has 75 heavy (non-hydrogen) atoms. The van der Waals surface area contributed by atoms with E-state index in [0.29, 0.717) is 19.4 Å². The molecule has 0 saturated carbocycles. The van der Waals surface area contributed by atoms with Crippen molar-refractivity contribution in [3.8, 4) is 0 Å². The predicted molar refractivity (Wildman–Crippen MR) is 329 cm³/mol. The number of carbonyl (C=O) groups excluding carboxylic acids is 2. The molecule has 0 fully saturated rings. The Morgan fingerprint density at radius 2 is 0.667 bits per heavy atom. The molecule has 0 aromatic carbocycles. The summed E-state index contributed by atoms with van der Waals surface area (Å²) in [6, 6.07) is -0.635. The highest BCUT2D eigenvalue weighted by atomic mass is 16.5. The Labute approximate surface area is 467 Å². The Morgan fingerprint density at radius 3 is 1.05 bits per heavy atom. The van der Waals surface area contributed by atoms with E-state index >= 15 is 0 Å². The molecule has 2 unspecified atom stereocenters. The van der Waals surface area contributed by atoms with E-state index in [2.05, 4.69) is 55.6 Å². The van der Waals surface area contributed by atoms with E-state index < -0.39 is 12.1 Å². The first-order valence-electron chi connectivity index (χ1n) is 33.4. The lowest BCUT2D eigenvalue weighted by Gasteiger charge is -2.20. The fraction of sp³-hybridized carbons (Fsp3) is 0.855. The number of carbonyl (C=O) groups is 2. The van der Waals surface area contributed by atoms with Crippen molar-refractivity contribution in [2.24, 2.45) is 0 Å². The maximum Gasteiger partial charge on any atom is 0.305 e. The predicted octanol–water partition coefficient (Wildman–Crippen LogP) is 21.3. The summed E-state index contributed by atoms with van der Waals surface area (Å²) in [5.41, 5.74) is 0. The number of hydrogen-bond donors (Lipinski definition) is 3. The van der Waals surface area contributed by atoms with Crippen molar-refractivity contribution >= 4 is 11.9 Å². The topological polar surface area (TPSA) is 95.9 Å². The molecule has 440 valence electrons. The normalized spacial score (nSPS) is 12.9. The lowest BCUT2D eigenvalue weighted by atomic mass is 10.0. The van der Waals surface area contributed by atoms with Gasteiger partial charge in [-0.25, -0.2) is 0 Å².